The first-order chi connectivity index (χ1) is 10.9. The highest BCUT2D eigenvalue weighted by atomic mass is 16.6. The first kappa shape index (κ1) is 16.2. The van der Waals surface area contributed by atoms with E-state index in [-0.39, 0.29) is 17.2 Å². The maximum absolute atomic E-state index is 12.0. The van der Waals surface area contributed by atoms with Crippen LogP contribution in [0.3, 0.4) is 0 Å². The fraction of sp³-hybridized carbons (Fsp3) is 0.125. The Bertz CT molecular complexity index is 787. The molecule has 0 saturated carbocycles. The molecule has 2 aromatic rings. The first-order valence-electron chi connectivity index (χ1n) is 6.81. The highest BCUT2D eigenvalue weighted by Crippen LogP contribution is 2.25. The summed E-state index contributed by atoms with van der Waals surface area (Å²) in [6, 6.07) is 10.3. The molecule has 0 unspecified atom stereocenters. The Morgan fingerprint density at radius 2 is 1.83 bits per heavy atom. The molecule has 0 bridgehead atoms. The average Bonchev–Trinajstić information content (AvgIpc) is 2.49. The van der Waals surface area contributed by atoms with E-state index in [0.717, 1.165) is 5.56 Å². The third-order valence-electron chi connectivity index (χ3n) is 3.13. The number of urea groups is 1. The normalized spacial score (nSPS) is 10.0. The lowest BCUT2D eigenvalue weighted by molar-refractivity contribution is -0.384. The number of Topliss-reactive ketones (excluding diaryl/α,β-unsaturated/α-hetero) is 1. The van der Waals surface area contributed by atoms with E-state index in [1.807, 2.05) is 0 Å². The number of benzene rings is 2. The summed E-state index contributed by atoms with van der Waals surface area (Å²) in [5, 5.41) is 16.0. The molecule has 0 saturated heterocycles. The number of hydrogen-bond acceptors (Lipinski definition) is 4. The quantitative estimate of drug-likeness (QED) is 0.510. The van der Waals surface area contributed by atoms with Crippen LogP contribution in [0.2, 0.25) is 0 Å². The number of nitro benzene ring substituents is 1. The molecule has 0 aliphatic rings. The van der Waals surface area contributed by atoms with Crippen LogP contribution in [0.1, 0.15) is 22.8 Å². The molecule has 0 fully saturated rings. The van der Waals surface area contributed by atoms with Crippen molar-refractivity contribution in [2.24, 2.45) is 0 Å². The van der Waals surface area contributed by atoms with E-state index in [2.05, 4.69) is 10.6 Å². The number of nitrogens with one attached hydrogen (secondary N) is 2. The van der Waals surface area contributed by atoms with Gasteiger partial charge in [0.2, 0.25) is 0 Å². The lowest BCUT2D eigenvalue weighted by atomic mass is 10.1. The van der Waals surface area contributed by atoms with Gasteiger partial charge in [-0.05, 0) is 37.6 Å². The smallest absolute Gasteiger partial charge is 0.308 e. The Kier molecular flexibility index (Phi) is 4.70. The maximum atomic E-state index is 12.0. The monoisotopic (exact) mass is 313 g/mol. The molecule has 118 valence electrons. The molecule has 0 aliphatic heterocycles. The fourth-order valence-electron chi connectivity index (χ4n) is 2.00. The molecule has 7 heteroatoms. The van der Waals surface area contributed by atoms with Gasteiger partial charge >= 0.3 is 6.03 Å². The van der Waals surface area contributed by atoms with Crippen molar-refractivity contribution >= 4 is 28.9 Å². The minimum atomic E-state index is -0.627. The summed E-state index contributed by atoms with van der Waals surface area (Å²) in [5.41, 5.74) is 1.52. The van der Waals surface area contributed by atoms with E-state index in [1.165, 1.54) is 25.1 Å². The van der Waals surface area contributed by atoms with Crippen molar-refractivity contribution in [2.75, 3.05) is 10.6 Å². The number of aryl methyl sites for hydroxylation is 1. The van der Waals surface area contributed by atoms with Crippen LogP contribution < -0.4 is 10.6 Å². The number of anilines is 2. The number of ketones is 1. The van der Waals surface area contributed by atoms with Gasteiger partial charge in [0.15, 0.2) is 5.78 Å². The molecule has 0 atom stereocenters. The van der Waals surface area contributed by atoms with Gasteiger partial charge < -0.3 is 10.6 Å². The van der Waals surface area contributed by atoms with Crippen molar-refractivity contribution in [1.82, 2.24) is 0 Å². The molecule has 23 heavy (non-hydrogen) atoms. The number of carbonyl (C=O) groups excluding carboxylic acids is 2. The Hall–Kier alpha value is -3.22. The van der Waals surface area contributed by atoms with Gasteiger partial charge in [-0.15, -0.1) is 0 Å². The maximum Gasteiger partial charge on any atom is 0.323 e. The van der Waals surface area contributed by atoms with Crippen LogP contribution >= 0.6 is 0 Å². The van der Waals surface area contributed by atoms with Crippen molar-refractivity contribution in [1.29, 1.82) is 0 Å². The molecule has 0 aliphatic carbocycles. The number of nitro groups is 1. The minimum absolute atomic E-state index is 0.0980. The summed E-state index contributed by atoms with van der Waals surface area (Å²) in [5.74, 6) is -0.122. The van der Waals surface area contributed by atoms with Gasteiger partial charge in [0, 0.05) is 17.3 Å². The summed E-state index contributed by atoms with van der Waals surface area (Å²) >= 11 is 0. The lowest BCUT2D eigenvalue weighted by Gasteiger charge is -2.09. The van der Waals surface area contributed by atoms with Crippen molar-refractivity contribution in [3.05, 3.63) is 63.7 Å². The van der Waals surface area contributed by atoms with Gasteiger partial charge in [-0.25, -0.2) is 4.79 Å². The van der Waals surface area contributed by atoms with Crippen LogP contribution in [0.5, 0.6) is 0 Å². The predicted octanol–water partition coefficient (Wildman–Crippen LogP) is 3.75. The zero-order valence-electron chi connectivity index (χ0n) is 12.6. The number of carbonyl (C=O) groups is 2. The molecule has 0 heterocycles. The number of amides is 2. The highest BCUT2D eigenvalue weighted by Gasteiger charge is 2.16. The Labute approximate surface area is 132 Å². The number of nitrogens with zero attached hydrogens (tertiary/aromatic N) is 1. The number of hydrogen-bond donors (Lipinski definition) is 2. The van der Waals surface area contributed by atoms with Crippen molar-refractivity contribution < 1.29 is 14.5 Å². The summed E-state index contributed by atoms with van der Waals surface area (Å²) in [6.45, 7) is 3.15. The van der Waals surface area contributed by atoms with E-state index in [9.17, 15) is 19.7 Å². The summed E-state index contributed by atoms with van der Waals surface area (Å²) < 4.78 is 0. The van der Waals surface area contributed by atoms with E-state index < -0.39 is 11.0 Å². The number of rotatable bonds is 4. The molecule has 2 rings (SSSR count). The van der Waals surface area contributed by atoms with Gasteiger partial charge in [-0.2, -0.15) is 0 Å². The third-order valence-corrected chi connectivity index (χ3v) is 3.13. The molecular weight excluding hydrogens is 298 g/mol. The fourth-order valence-corrected chi connectivity index (χ4v) is 2.00. The van der Waals surface area contributed by atoms with Gasteiger partial charge in [-0.3, -0.25) is 14.9 Å². The second-order valence-corrected chi connectivity index (χ2v) is 4.99. The molecule has 2 amide bonds. The SMILES string of the molecule is CC(=O)c1cccc(NC(=O)Nc2ccc(C)cc2[N+](=O)[O-])c1. The van der Waals surface area contributed by atoms with Gasteiger partial charge in [0.25, 0.3) is 5.69 Å². The summed E-state index contributed by atoms with van der Waals surface area (Å²) in [6.07, 6.45) is 0. The van der Waals surface area contributed by atoms with Gasteiger partial charge in [0.05, 0.1) is 4.92 Å². The minimum Gasteiger partial charge on any atom is -0.308 e. The molecule has 2 N–H and O–H groups in total. The van der Waals surface area contributed by atoms with Crippen LogP contribution in [0.25, 0.3) is 0 Å². The largest absolute Gasteiger partial charge is 0.323 e. The van der Waals surface area contributed by atoms with Gasteiger partial charge in [-0.1, -0.05) is 18.2 Å². The first-order valence-corrected chi connectivity index (χ1v) is 6.81. The predicted molar refractivity (Wildman–Crippen MR) is 86.9 cm³/mol. The van der Waals surface area contributed by atoms with E-state index >= 15 is 0 Å². The summed E-state index contributed by atoms with van der Waals surface area (Å²) in [4.78, 5) is 33.8. The van der Waals surface area contributed by atoms with Crippen molar-refractivity contribution in [3.8, 4) is 0 Å². The molecule has 7 nitrogen and oxygen atoms in total. The zero-order valence-corrected chi connectivity index (χ0v) is 12.6. The Morgan fingerprint density at radius 1 is 1.09 bits per heavy atom. The molecule has 0 spiro atoms. The molecule has 0 radical (unpaired) electrons. The topological polar surface area (TPSA) is 101 Å². The van der Waals surface area contributed by atoms with Gasteiger partial charge in [0.1, 0.15) is 5.69 Å². The highest BCUT2D eigenvalue weighted by molar-refractivity contribution is 6.02. The van der Waals surface area contributed by atoms with E-state index in [1.54, 1.807) is 31.2 Å². The van der Waals surface area contributed by atoms with Crippen molar-refractivity contribution in [2.45, 2.75) is 13.8 Å². The molecule has 0 aromatic heterocycles. The Balaban J connectivity index is 2.16. The van der Waals surface area contributed by atoms with Crippen molar-refractivity contribution in [3.63, 3.8) is 0 Å². The van der Waals surface area contributed by atoms with E-state index in [4.69, 9.17) is 0 Å². The second kappa shape index (κ2) is 6.69. The van der Waals surface area contributed by atoms with Crippen LogP contribution in [0.15, 0.2) is 42.5 Å². The zero-order chi connectivity index (χ0) is 17.0. The van der Waals surface area contributed by atoms with Crippen LogP contribution in [0, 0.1) is 17.0 Å². The second-order valence-electron chi connectivity index (χ2n) is 4.99. The molecular formula is C16H15N3O4. The standard InChI is InChI=1S/C16H15N3O4/c1-10-6-7-14(15(8-10)19(22)23)18-16(21)17-13-5-3-4-12(9-13)11(2)20/h3-9H,1-2H3,(H2,17,18,21). The third kappa shape index (κ3) is 4.13. The van der Waals surface area contributed by atoms with Crippen LogP contribution in [-0.4, -0.2) is 16.7 Å². The van der Waals surface area contributed by atoms with Crippen LogP contribution in [0.4, 0.5) is 21.9 Å². The average molecular weight is 313 g/mol. The lowest BCUT2D eigenvalue weighted by Crippen LogP contribution is -2.20. The van der Waals surface area contributed by atoms with E-state index in [0.29, 0.717) is 11.3 Å². The molecule has 2 aromatic carbocycles. The Morgan fingerprint density at radius 3 is 2.48 bits per heavy atom. The summed E-state index contributed by atoms with van der Waals surface area (Å²) in [7, 11) is 0. The van der Waals surface area contributed by atoms with Crippen LogP contribution in [-0.2, 0) is 0 Å².